The van der Waals surface area contributed by atoms with E-state index in [1.54, 1.807) is 6.07 Å². The van der Waals surface area contributed by atoms with Crippen LogP contribution in [-0.4, -0.2) is 28.0 Å². The zero-order chi connectivity index (χ0) is 20.9. The second kappa shape index (κ2) is 9.60. The molecule has 1 amide bonds. The van der Waals surface area contributed by atoms with Gasteiger partial charge in [-0.15, -0.1) is 0 Å². The number of methoxy groups -OCH3 is 1. The van der Waals surface area contributed by atoms with E-state index in [-0.39, 0.29) is 39.5 Å². The largest absolute Gasteiger partial charge is 0.496 e. The maximum absolute atomic E-state index is 12.6. The molecule has 6 nitrogen and oxygen atoms in total. The summed E-state index contributed by atoms with van der Waals surface area (Å²) in [5, 5.41) is 2.72. The van der Waals surface area contributed by atoms with Gasteiger partial charge in [0.2, 0.25) is 10.0 Å². The van der Waals surface area contributed by atoms with Gasteiger partial charge in [0.05, 0.1) is 22.7 Å². The highest BCUT2D eigenvalue weighted by molar-refractivity contribution is 7.89. The standard InChI is InChI=1S/C19H22Cl2N2O4S/c1-12(2)10-23-28(25,26)18-8-14(15(20)9-16(18)21)19(24)22-11-13-6-4-5-7-17(13)27-3/h4-9,12,23H,10-11H2,1-3H3,(H,22,24). The Balaban J connectivity index is 2.26. The number of ether oxygens (including phenoxy) is 1. The number of nitrogens with one attached hydrogen (secondary N) is 2. The Morgan fingerprint density at radius 2 is 1.82 bits per heavy atom. The molecule has 0 aliphatic rings. The van der Waals surface area contributed by atoms with Crippen molar-refractivity contribution in [3.05, 3.63) is 57.6 Å². The maximum atomic E-state index is 12.6. The second-order valence-corrected chi connectivity index (χ2v) is 9.05. The van der Waals surface area contributed by atoms with Crippen molar-refractivity contribution in [1.29, 1.82) is 0 Å². The first-order valence-electron chi connectivity index (χ1n) is 8.54. The van der Waals surface area contributed by atoms with E-state index in [1.807, 2.05) is 32.0 Å². The summed E-state index contributed by atoms with van der Waals surface area (Å²) < 4.78 is 32.8. The predicted octanol–water partition coefficient (Wildman–Crippen LogP) is 3.87. The summed E-state index contributed by atoms with van der Waals surface area (Å²) in [5.74, 6) is 0.225. The van der Waals surface area contributed by atoms with Crippen LogP contribution < -0.4 is 14.8 Å². The molecule has 0 fully saturated rings. The molecule has 2 N–H and O–H groups in total. The number of para-hydroxylation sites is 1. The Hall–Kier alpha value is -1.80. The second-order valence-electron chi connectivity index (χ2n) is 6.50. The number of carbonyl (C=O) groups is 1. The number of hydrogen-bond donors (Lipinski definition) is 2. The van der Waals surface area contributed by atoms with Crippen LogP contribution in [0.5, 0.6) is 5.75 Å². The van der Waals surface area contributed by atoms with Gasteiger partial charge in [0.15, 0.2) is 0 Å². The molecule has 0 aromatic heterocycles. The Morgan fingerprint density at radius 1 is 1.14 bits per heavy atom. The molecule has 0 saturated carbocycles. The van der Waals surface area contributed by atoms with Gasteiger partial charge in [-0.3, -0.25) is 4.79 Å². The third-order valence-electron chi connectivity index (χ3n) is 3.87. The van der Waals surface area contributed by atoms with E-state index >= 15 is 0 Å². The summed E-state index contributed by atoms with van der Waals surface area (Å²) in [7, 11) is -2.34. The number of benzene rings is 2. The van der Waals surface area contributed by atoms with Crippen LogP contribution in [0.4, 0.5) is 0 Å². The highest BCUT2D eigenvalue weighted by Crippen LogP contribution is 2.29. The van der Waals surface area contributed by atoms with Gasteiger partial charge in [0.1, 0.15) is 10.6 Å². The molecule has 0 saturated heterocycles. The van der Waals surface area contributed by atoms with Gasteiger partial charge in [-0.05, 0) is 24.1 Å². The number of sulfonamides is 1. The van der Waals surface area contributed by atoms with E-state index in [0.29, 0.717) is 5.75 Å². The highest BCUT2D eigenvalue weighted by Gasteiger charge is 2.23. The summed E-state index contributed by atoms with van der Waals surface area (Å²) >= 11 is 12.2. The molecule has 0 heterocycles. The fourth-order valence-corrected chi connectivity index (χ4v) is 4.45. The lowest BCUT2D eigenvalue weighted by molar-refractivity contribution is 0.0950. The summed E-state index contributed by atoms with van der Waals surface area (Å²) in [6.07, 6.45) is 0. The third kappa shape index (κ3) is 5.61. The minimum atomic E-state index is -3.88. The summed E-state index contributed by atoms with van der Waals surface area (Å²) in [6.45, 7) is 4.19. The van der Waals surface area contributed by atoms with Gasteiger partial charge in [-0.25, -0.2) is 13.1 Å². The number of carbonyl (C=O) groups excluding carboxylic acids is 1. The van der Waals surface area contributed by atoms with Crippen molar-refractivity contribution in [2.45, 2.75) is 25.3 Å². The monoisotopic (exact) mass is 444 g/mol. The molecular formula is C19H22Cl2N2O4S. The first-order chi connectivity index (χ1) is 13.2. The zero-order valence-electron chi connectivity index (χ0n) is 15.8. The Labute approximate surface area is 175 Å². The summed E-state index contributed by atoms with van der Waals surface area (Å²) in [5.41, 5.74) is 0.792. The number of rotatable bonds is 8. The molecule has 0 bridgehead atoms. The third-order valence-corrected chi connectivity index (χ3v) is 6.07. The van der Waals surface area contributed by atoms with Crippen LogP contribution in [-0.2, 0) is 16.6 Å². The molecule has 2 rings (SSSR count). The molecule has 152 valence electrons. The lowest BCUT2D eigenvalue weighted by Gasteiger charge is -2.13. The number of hydrogen-bond acceptors (Lipinski definition) is 4. The van der Waals surface area contributed by atoms with Crippen molar-refractivity contribution in [1.82, 2.24) is 10.0 Å². The van der Waals surface area contributed by atoms with Crippen molar-refractivity contribution in [3.63, 3.8) is 0 Å². The van der Waals surface area contributed by atoms with Crippen LogP contribution in [0, 0.1) is 5.92 Å². The first kappa shape index (κ1) is 22.5. The lowest BCUT2D eigenvalue weighted by Crippen LogP contribution is -2.28. The fourth-order valence-electron chi connectivity index (χ4n) is 2.38. The molecule has 0 spiro atoms. The molecule has 0 aliphatic heterocycles. The minimum absolute atomic E-state index is 0.0193. The van der Waals surface area contributed by atoms with Crippen LogP contribution in [0.2, 0.25) is 10.0 Å². The van der Waals surface area contributed by atoms with Gasteiger partial charge in [0, 0.05) is 18.7 Å². The van der Waals surface area contributed by atoms with Crippen molar-refractivity contribution in [2.24, 2.45) is 5.92 Å². The van der Waals surface area contributed by atoms with Gasteiger partial charge < -0.3 is 10.1 Å². The Bertz CT molecular complexity index is 962. The number of amides is 1. The van der Waals surface area contributed by atoms with E-state index in [1.165, 1.54) is 19.2 Å². The molecule has 0 aliphatic carbocycles. The van der Waals surface area contributed by atoms with Crippen molar-refractivity contribution in [3.8, 4) is 5.75 Å². The van der Waals surface area contributed by atoms with Crippen LogP contribution in [0.15, 0.2) is 41.3 Å². The van der Waals surface area contributed by atoms with Crippen LogP contribution in [0.25, 0.3) is 0 Å². The normalized spacial score (nSPS) is 11.5. The molecule has 2 aromatic rings. The van der Waals surface area contributed by atoms with Crippen LogP contribution in [0.1, 0.15) is 29.8 Å². The predicted molar refractivity (Wildman–Crippen MR) is 111 cm³/mol. The lowest BCUT2D eigenvalue weighted by atomic mass is 10.1. The summed E-state index contributed by atoms with van der Waals surface area (Å²) in [4.78, 5) is 12.4. The van der Waals surface area contributed by atoms with Gasteiger partial charge in [-0.2, -0.15) is 0 Å². The van der Waals surface area contributed by atoms with Gasteiger partial charge >= 0.3 is 0 Å². The van der Waals surface area contributed by atoms with E-state index in [0.717, 1.165) is 5.56 Å². The SMILES string of the molecule is COc1ccccc1CNC(=O)c1cc(S(=O)(=O)NCC(C)C)c(Cl)cc1Cl. The smallest absolute Gasteiger partial charge is 0.253 e. The molecule has 28 heavy (non-hydrogen) atoms. The minimum Gasteiger partial charge on any atom is -0.496 e. The molecule has 0 atom stereocenters. The summed E-state index contributed by atoms with van der Waals surface area (Å²) in [6, 6.07) is 9.68. The quantitative estimate of drug-likeness (QED) is 0.646. The van der Waals surface area contributed by atoms with Crippen molar-refractivity contribution < 1.29 is 17.9 Å². The Kier molecular flexibility index (Phi) is 7.71. The van der Waals surface area contributed by atoms with Gasteiger partial charge in [-0.1, -0.05) is 55.2 Å². The van der Waals surface area contributed by atoms with Crippen LogP contribution >= 0.6 is 23.2 Å². The Morgan fingerprint density at radius 3 is 2.46 bits per heavy atom. The van der Waals surface area contributed by atoms with E-state index in [2.05, 4.69) is 10.0 Å². The highest BCUT2D eigenvalue weighted by atomic mass is 35.5. The van der Waals surface area contributed by atoms with E-state index in [4.69, 9.17) is 27.9 Å². The number of halogens is 2. The van der Waals surface area contributed by atoms with Crippen molar-refractivity contribution in [2.75, 3.05) is 13.7 Å². The average Bonchev–Trinajstić information content (AvgIpc) is 2.64. The molecule has 0 radical (unpaired) electrons. The molecule has 2 aromatic carbocycles. The van der Waals surface area contributed by atoms with E-state index < -0.39 is 15.9 Å². The van der Waals surface area contributed by atoms with Gasteiger partial charge in [0.25, 0.3) is 5.91 Å². The maximum Gasteiger partial charge on any atom is 0.253 e. The first-order valence-corrected chi connectivity index (χ1v) is 10.8. The van der Waals surface area contributed by atoms with Crippen molar-refractivity contribution >= 4 is 39.1 Å². The fraction of sp³-hybridized carbons (Fsp3) is 0.316. The average molecular weight is 445 g/mol. The van der Waals surface area contributed by atoms with Crippen LogP contribution in [0.3, 0.4) is 0 Å². The van der Waals surface area contributed by atoms with E-state index in [9.17, 15) is 13.2 Å². The topological polar surface area (TPSA) is 84.5 Å². The molecular weight excluding hydrogens is 423 g/mol. The zero-order valence-corrected chi connectivity index (χ0v) is 18.1. The molecule has 9 heteroatoms. The molecule has 0 unspecified atom stereocenters.